The summed E-state index contributed by atoms with van der Waals surface area (Å²) in [5.41, 5.74) is 1.40. The van der Waals surface area contributed by atoms with Crippen LogP contribution in [-0.4, -0.2) is 22.1 Å². The van der Waals surface area contributed by atoms with E-state index in [1.54, 1.807) is 23.0 Å². The van der Waals surface area contributed by atoms with E-state index in [4.69, 9.17) is 4.74 Å². The van der Waals surface area contributed by atoms with Gasteiger partial charge in [0, 0.05) is 4.88 Å². The van der Waals surface area contributed by atoms with Gasteiger partial charge in [-0.15, -0.1) is 11.3 Å². The average molecular weight is 342 g/mol. The molecule has 2 aromatic heterocycles. The quantitative estimate of drug-likeness (QED) is 0.667. The molecule has 0 aliphatic rings. The van der Waals surface area contributed by atoms with Crippen LogP contribution in [0, 0.1) is 6.92 Å². The van der Waals surface area contributed by atoms with Gasteiger partial charge in [0.2, 0.25) is 0 Å². The third kappa shape index (κ3) is 3.38. The molecule has 0 N–H and O–H groups in total. The second kappa shape index (κ2) is 6.97. The summed E-state index contributed by atoms with van der Waals surface area (Å²) in [4.78, 5) is 30.5. The molecule has 0 radical (unpaired) electrons. The highest BCUT2D eigenvalue weighted by Gasteiger charge is 2.09. The number of hydrogen-bond acceptors (Lipinski definition) is 5. The smallest absolute Gasteiger partial charge is 0.338 e. The molecule has 0 atom stereocenters. The topological polar surface area (TPSA) is 61.2 Å². The summed E-state index contributed by atoms with van der Waals surface area (Å²) in [5, 5.41) is 0.653. The van der Waals surface area contributed by atoms with E-state index >= 15 is 0 Å². The maximum absolute atomic E-state index is 12.5. The third-order valence-electron chi connectivity index (χ3n) is 3.62. The Balaban J connectivity index is 1.80. The van der Waals surface area contributed by atoms with Crippen molar-refractivity contribution in [1.29, 1.82) is 0 Å². The molecule has 0 unspecified atom stereocenters. The second-order valence-electron chi connectivity index (χ2n) is 5.59. The number of carbonyl (C=O) groups is 1. The zero-order chi connectivity index (χ0) is 17.1. The van der Waals surface area contributed by atoms with Crippen LogP contribution in [0.25, 0.3) is 10.2 Å². The van der Waals surface area contributed by atoms with Crippen LogP contribution in [0.5, 0.6) is 0 Å². The van der Waals surface area contributed by atoms with Gasteiger partial charge in [-0.25, -0.2) is 9.78 Å². The summed E-state index contributed by atoms with van der Waals surface area (Å²) >= 11 is 1.52. The lowest BCUT2D eigenvalue weighted by molar-refractivity contribution is 0.0505. The standard InChI is InChI=1S/C18H18N2O3S/c1-3-8-23-18(22)14-6-4-13(5-7-14)10-20-11-19-16-15(17(20)21)9-12(2)24-16/h4-7,9,11H,3,8,10H2,1-2H3. The molecule has 1 aromatic carbocycles. The zero-order valence-corrected chi connectivity index (χ0v) is 14.4. The molecule has 3 rings (SSSR count). The SMILES string of the molecule is CCCOC(=O)c1ccc(Cn2cnc3sc(C)cc3c2=O)cc1. The Morgan fingerprint density at radius 2 is 2.04 bits per heavy atom. The Labute approximate surface area is 143 Å². The highest BCUT2D eigenvalue weighted by atomic mass is 32.1. The highest BCUT2D eigenvalue weighted by Crippen LogP contribution is 2.19. The number of aryl methyl sites for hydroxylation is 1. The molecular weight excluding hydrogens is 324 g/mol. The van der Waals surface area contributed by atoms with Crippen molar-refractivity contribution in [1.82, 2.24) is 9.55 Å². The predicted molar refractivity (Wildman–Crippen MR) is 94.7 cm³/mol. The number of hydrogen-bond donors (Lipinski definition) is 0. The van der Waals surface area contributed by atoms with Crippen LogP contribution in [0.4, 0.5) is 0 Å². The molecule has 0 bridgehead atoms. The maximum atomic E-state index is 12.5. The van der Waals surface area contributed by atoms with Gasteiger partial charge in [-0.1, -0.05) is 19.1 Å². The van der Waals surface area contributed by atoms with E-state index in [2.05, 4.69) is 4.98 Å². The van der Waals surface area contributed by atoms with Crippen molar-refractivity contribution in [2.24, 2.45) is 0 Å². The molecule has 0 spiro atoms. The molecule has 0 saturated heterocycles. The fraction of sp³-hybridized carbons (Fsp3) is 0.278. The summed E-state index contributed by atoms with van der Waals surface area (Å²) in [7, 11) is 0. The predicted octanol–water partition coefficient (Wildman–Crippen LogP) is 3.38. The number of nitrogens with zero attached hydrogens (tertiary/aromatic N) is 2. The molecule has 6 heteroatoms. The van der Waals surface area contributed by atoms with Gasteiger partial charge in [0.15, 0.2) is 0 Å². The van der Waals surface area contributed by atoms with Crippen LogP contribution in [0.1, 0.15) is 34.1 Å². The van der Waals surface area contributed by atoms with Crippen LogP contribution in [0.2, 0.25) is 0 Å². The number of ether oxygens (including phenoxy) is 1. The first-order valence-electron chi connectivity index (χ1n) is 7.80. The largest absolute Gasteiger partial charge is 0.462 e. The van der Waals surface area contributed by atoms with E-state index in [0.29, 0.717) is 24.1 Å². The van der Waals surface area contributed by atoms with Crippen LogP contribution >= 0.6 is 11.3 Å². The maximum Gasteiger partial charge on any atom is 0.338 e. The molecule has 5 nitrogen and oxygen atoms in total. The molecule has 3 aromatic rings. The van der Waals surface area contributed by atoms with Gasteiger partial charge in [0.25, 0.3) is 5.56 Å². The van der Waals surface area contributed by atoms with Crippen molar-refractivity contribution in [2.75, 3.05) is 6.61 Å². The third-order valence-corrected chi connectivity index (χ3v) is 4.58. The molecule has 2 heterocycles. The molecule has 0 aliphatic heterocycles. The number of esters is 1. The first-order valence-corrected chi connectivity index (χ1v) is 8.62. The van der Waals surface area contributed by atoms with Gasteiger partial charge in [-0.2, -0.15) is 0 Å². The zero-order valence-electron chi connectivity index (χ0n) is 13.6. The molecule has 124 valence electrons. The van der Waals surface area contributed by atoms with Crippen molar-refractivity contribution >= 4 is 27.5 Å². The first kappa shape index (κ1) is 16.4. The van der Waals surface area contributed by atoms with Crippen molar-refractivity contribution in [3.05, 3.63) is 63.0 Å². The van der Waals surface area contributed by atoms with Gasteiger partial charge in [-0.3, -0.25) is 9.36 Å². The molecule has 0 aliphatic carbocycles. The first-order chi connectivity index (χ1) is 11.6. The Morgan fingerprint density at radius 1 is 1.29 bits per heavy atom. The lowest BCUT2D eigenvalue weighted by atomic mass is 10.1. The molecule has 0 amide bonds. The fourth-order valence-electron chi connectivity index (χ4n) is 2.41. The van der Waals surface area contributed by atoms with E-state index in [0.717, 1.165) is 21.7 Å². The molecule has 0 saturated carbocycles. The van der Waals surface area contributed by atoms with Crippen molar-refractivity contribution in [3.63, 3.8) is 0 Å². The van der Waals surface area contributed by atoms with E-state index in [9.17, 15) is 9.59 Å². The molecular formula is C18H18N2O3S. The van der Waals surface area contributed by atoms with Gasteiger partial charge >= 0.3 is 5.97 Å². The Bertz CT molecular complexity index is 926. The molecule has 0 fully saturated rings. The highest BCUT2D eigenvalue weighted by molar-refractivity contribution is 7.18. The van der Waals surface area contributed by atoms with Crippen LogP contribution < -0.4 is 5.56 Å². The van der Waals surface area contributed by atoms with Crippen LogP contribution in [0.3, 0.4) is 0 Å². The van der Waals surface area contributed by atoms with Crippen molar-refractivity contribution in [3.8, 4) is 0 Å². The minimum absolute atomic E-state index is 0.0456. The van der Waals surface area contributed by atoms with E-state index in [-0.39, 0.29) is 11.5 Å². The van der Waals surface area contributed by atoms with Crippen molar-refractivity contribution < 1.29 is 9.53 Å². The van der Waals surface area contributed by atoms with Gasteiger partial charge in [0.1, 0.15) is 4.83 Å². The minimum Gasteiger partial charge on any atom is -0.462 e. The normalized spacial score (nSPS) is 10.9. The number of rotatable bonds is 5. The number of benzene rings is 1. The number of carbonyl (C=O) groups excluding carboxylic acids is 1. The summed E-state index contributed by atoms with van der Waals surface area (Å²) in [6.07, 6.45) is 2.37. The minimum atomic E-state index is -0.322. The summed E-state index contributed by atoms with van der Waals surface area (Å²) in [6.45, 7) is 4.75. The van der Waals surface area contributed by atoms with E-state index in [1.807, 2.05) is 32.0 Å². The van der Waals surface area contributed by atoms with Gasteiger partial charge in [-0.05, 0) is 37.1 Å². The number of aromatic nitrogens is 2. The second-order valence-corrected chi connectivity index (χ2v) is 6.82. The van der Waals surface area contributed by atoms with Crippen molar-refractivity contribution in [2.45, 2.75) is 26.8 Å². The fourth-order valence-corrected chi connectivity index (χ4v) is 3.25. The summed E-state index contributed by atoms with van der Waals surface area (Å²) in [5.74, 6) is -0.322. The summed E-state index contributed by atoms with van der Waals surface area (Å²) < 4.78 is 6.68. The Kier molecular flexibility index (Phi) is 4.76. The Hall–Kier alpha value is -2.47. The monoisotopic (exact) mass is 342 g/mol. The molecule has 24 heavy (non-hydrogen) atoms. The lowest BCUT2D eigenvalue weighted by Gasteiger charge is -2.07. The lowest BCUT2D eigenvalue weighted by Crippen LogP contribution is -2.20. The average Bonchev–Trinajstić information content (AvgIpc) is 2.97. The Morgan fingerprint density at radius 3 is 2.75 bits per heavy atom. The van der Waals surface area contributed by atoms with Crippen LogP contribution in [0.15, 0.2) is 41.5 Å². The van der Waals surface area contributed by atoms with E-state index < -0.39 is 0 Å². The number of fused-ring (bicyclic) bond motifs is 1. The van der Waals surface area contributed by atoms with Gasteiger partial charge in [0.05, 0.1) is 30.4 Å². The van der Waals surface area contributed by atoms with Crippen LogP contribution in [-0.2, 0) is 11.3 Å². The number of thiophene rings is 1. The van der Waals surface area contributed by atoms with E-state index in [1.165, 1.54) is 11.3 Å². The van der Waals surface area contributed by atoms with Gasteiger partial charge < -0.3 is 4.74 Å². The summed E-state index contributed by atoms with van der Waals surface area (Å²) in [6, 6.07) is 8.98.